The topological polar surface area (TPSA) is 91.8 Å². The van der Waals surface area contributed by atoms with Gasteiger partial charge in [0.1, 0.15) is 13.6 Å². The minimum Gasteiger partial charge on any atom is -0.359 e. The highest BCUT2D eigenvalue weighted by Gasteiger charge is 2.36. The van der Waals surface area contributed by atoms with Crippen LogP contribution >= 0.6 is 15.9 Å². The maximum absolute atomic E-state index is 12.2. The first-order chi connectivity index (χ1) is 12.1. The predicted octanol–water partition coefficient (Wildman–Crippen LogP) is 1.46. The summed E-state index contributed by atoms with van der Waals surface area (Å²) in [6.45, 7) is 0.845. The van der Waals surface area contributed by atoms with Gasteiger partial charge in [0, 0.05) is 32.4 Å². The van der Waals surface area contributed by atoms with E-state index in [9.17, 15) is 9.59 Å². The van der Waals surface area contributed by atoms with Crippen LogP contribution in [0, 0.1) is 5.92 Å². The lowest BCUT2D eigenvalue weighted by Gasteiger charge is -2.19. The summed E-state index contributed by atoms with van der Waals surface area (Å²) >= 11 is 3.15. The van der Waals surface area contributed by atoms with Crippen molar-refractivity contribution >= 4 is 22.0 Å². The summed E-state index contributed by atoms with van der Waals surface area (Å²) in [7, 11) is 3.13. The van der Waals surface area contributed by atoms with Crippen molar-refractivity contribution in [3.8, 4) is 0 Å². The molecule has 0 unspecified atom stereocenters. The predicted molar refractivity (Wildman–Crippen MR) is 95.6 cm³/mol. The van der Waals surface area contributed by atoms with E-state index in [0.29, 0.717) is 25.0 Å². The third-order valence-electron chi connectivity index (χ3n) is 4.17. The Morgan fingerprint density at radius 1 is 1.28 bits per heavy atom. The summed E-state index contributed by atoms with van der Waals surface area (Å²) in [4.78, 5) is 28.0. The molecular weight excluding hydrogens is 396 g/mol. The van der Waals surface area contributed by atoms with Gasteiger partial charge < -0.3 is 18.9 Å². The first-order valence-corrected chi connectivity index (χ1v) is 8.81. The van der Waals surface area contributed by atoms with E-state index in [4.69, 9.17) is 18.9 Å². The molecule has 1 aliphatic rings. The Kier molecular flexibility index (Phi) is 8.04. The number of hydrogen-bond donors (Lipinski definition) is 1. The van der Waals surface area contributed by atoms with Crippen molar-refractivity contribution in [2.75, 3.05) is 34.4 Å². The normalized spacial score (nSPS) is 23.6. The number of rotatable bonds is 9. The van der Waals surface area contributed by atoms with Crippen molar-refractivity contribution < 1.29 is 18.9 Å². The number of nitrogens with one attached hydrogen (secondary N) is 1. The molecule has 0 bridgehead atoms. The molecule has 140 valence electrons. The van der Waals surface area contributed by atoms with Gasteiger partial charge in [-0.2, -0.15) is 0 Å². The van der Waals surface area contributed by atoms with Crippen LogP contribution in [0.5, 0.6) is 0 Å². The molecule has 1 aliphatic carbocycles. The van der Waals surface area contributed by atoms with Gasteiger partial charge in [-0.15, -0.1) is 0 Å². The molecular formula is C16H23BrN2O6. The molecule has 1 fully saturated rings. The Balaban J connectivity index is 2.20. The summed E-state index contributed by atoms with van der Waals surface area (Å²) < 4.78 is 22.7. The van der Waals surface area contributed by atoms with E-state index in [1.165, 1.54) is 0 Å². The average Bonchev–Trinajstić information content (AvgIpc) is 2.98. The highest BCUT2D eigenvalue weighted by Crippen LogP contribution is 2.36. The molecule has 3 atom stereocenters. The molecule has 8 nitrogen and oxygen atoms in total. The monoisotopic (exact) mass is 418 g/mol. The quantitative estimate of drug-likeness (QED) is 0.482. The average molecular weight is 419 g/mol. The lowest BCUT2D eigenvalue weighted by Crippen LogP contribution is -2.32. The standard InChI is InChI=1S/C16H23BrN2O6/c1-22-9-24-8-12-5-13(6-14(12)25-10-23-2)19-7-11(3-4-17)15(20)18-16(19)21/h3-4,7,12-14H,5-6,8-10H2,1-2H3,(H,18,20,21)/b4-3+/t12-,13-,14+/m0/s1. The first kappa shape index (κ1) is 20.1. The minimum absolute atomic E-state index is 0.0928. The number of halogens is 1. The van der Waals surface area contributed by atoms with Crippen molar-refractivity contribution in [1.82, 2.24) is 9.55 Å². The van der Waals surface area contributed by atoms with Crippen LogP contribution in [0.25, 0.3) is 6.08 Å². The SMILES string of the molecule is COCOC[C@@H]1C[C@H](n2cc(/C=C/Br)c(=O)[nH]c2=O)C[C@H]1OCOC. The minimum atomic E-state index is -0.425. The number of ether oxygens (including phenoxy) is 4. The number of methoxy groups -OCH3 is 2. The number of H-pyrrole nitrogens is 1. The molecule has 0 aliphatic heterocycles. The zero-order valence-electron chi connectivity index (χ0n) is 14.3. The summed E-state index contributed by atoms with van der Waals surface area (Å²) in [6.07, 6.45) is 4.41. The van der Waals surface area contributed by atoms with Crippen LogP contribution < -0.4 is 11.2 Å². The van der Waals surface area contributed by atoms with Crippen LogP contribution in [-0.4, -0.2) is 50.1 Å². The second-order valence-corrected chi connectivity index (χ2v) is 6.35. The smallest absolute Gasteiger partial charge is 0.328 e. The molecule has 9 heteroatoms. The van der Waals surface area contributed by atoms with Crippen molar-refractivity contribution in [2.45, 2.75) is 25.0 Å². The fourth-order valence-corrected chi connectivity index (χ4v) is 3.35. The number of nitrogens with zero attached hydrogens (tertiary/aromatic N) is 1. The van der Waals surface area contributed by atoms with Gasteiger partial charge in [-0.25, -0.2) is 4.79 Å². The molecule has 0 spiro atoms. The van der Waals surface area contributed by atoms with Crippen molar-refractivity contribution in [3.05, 3.63) is 37.6 Å². The van der Waals surface area contributed by atoms with Crippen LogP contribution in [0.3, 0.4) is 0 Å². The molecule has 0 amide bonds. The van der Waals surface area contributed by atoms with E-state index in [1.54, 1.807) is 36.0 Å². The molecule has 1 saturated carbocycles. The van der Waals surface area contributed by atoms with E-state index in [2.05, 4.69) is 20.9 Å². The molecule has 1 aromatic heterocycles. The zero-order chi connectivity index (χ0) is 18.2. The Hall–Kier alpha value is -1.26. The van der Waals surface area contributed by atoms with Gasteiger partial charge in [-0.1, -0.05) is 15.9 Å². The van der Waals surface area contributed by atoms with Crippen molar-refractivity contribution in [1.29, 1.82) is 0 Å². The second-order valence-electron chi connectivity index (χ2n) is 5.82. The fraction of sp³-hybridized carbons (Fsp3) is 0.625. The molecule has 1 heterocycles. The maximum Gasteiger partial charge on any atom is 0.328 e. The zero-order valence-corrected chi connectivity index (χ0v) is 15.9. The number of hydrogen-bond acceptors (Lipinski definition) is 6. The van der Waals surface area contributed by atoms with E-state index < -0.39 is 11.2 Å². The van der Waals surface area contributed by atoms with Crippen molar-refractivity contribution in [3.63, 3.8) is 0 Å². The van der Waals surface area contributed by atoms with Crippen LogP contribution in [0.1, 0.15) is 24.4 Å². The van der Waals surface area contributed by atoms with Crippen LogP contribution in [0.4, 0.5) is 0 Å². The van der Waals surface area contributed by atoms with Crippen LogP contribution in [0.15, 0.2) is 20.8 Å². The van der Waals surface area contributed by atoms with E-state index in [-0.39, 0.29) is 31.6 Å². The summed E-state index contributed by atoms with van der Waals surface area (Å²) in [5.41, 5.74) is -0.433. The molecule has 0 radical (unpaired) electrons. The lowest BCUT2D eigenvalue weighted by molar-refractivity contribution is -0.106. The highest BCUT2D eigenvalue weighted by molar-refractivity contribution is 9.11. The molecule has 0 aromatic carbocycles. The third-order valence-corrected chi connectivity index (χ3v) is 4.43. The largest absolute Gasteiger partial charge is 0.359 e. The van der Waals surface area contributed by atoms with E-state index in [1.807, 2.05) is 0 Å². The molecule has 2 rings (SSSR count). The van der Waals surface area contributed by atoms with Crippen LogP contribution in [-0.2, 0) is 18.9 Å². The Morgan fingerprint density at radius 2 is 2.04 bits per heavy atom. The third kappa shape index (κ3) is 5.35. The number of aromatic amines is 1. The molecule has 1 N–H and O–H groups in total. The van der Waals surface area contributed by atoms with E-state index >= 15 is 0 Å². The molecule has 25 heavy (non-hydrogen) atoms. The summed E-state index contributed by atoms with van der Waals surface area (Å²) in [5.74, 6) is 0.101. The Labute approximate surface area is 153 Å². The summed E-state index contributed by atoms with van der Waals surface area (Å²) in [5, 5.41) is 0. The first-order valence-electron chi connectivity index (χ1n) is 7.90. The maximum atomic E-state index is 12.2. The number of aromatic nitrogens is 2. The second kappa shape index (κ2) is 10.0. The fourth-order valence-electron chi connectivity index (χ4n) is 3.06. The Bertz CT molecular complexity index is 686. The van der Waals surface area contributed by atoms with Gasteiger partial charge in [0.15, 0.2) is 0 Å². The molecule has 1 aromatic rings. The van der Waals surface area contributed by atoms with Crippen LogP contribution in [0.2, 0.25) is 0 Å². The van der Waals surface area contributed by atoms with Gasteiger partial charge in [0.05, 0.1) is 18.3 Å². The van der Waals surface area contributed by atoms with E-state index in [0.717, 1.165) is 0 Å². The van der Waals surface area contributed by atoms with Gasteiger partial charge in [-0.3, -0.25) is 14.3 Å². The Morgan fingerprint density at radius 3 is 2.72 bits per heavy atom. The highest BCUT2D eigenvalue weighted by atomic mass is 79.9. The summed E-state index contributed by atoms with van der Waals surface area (Å²) in [6, 6.07) is -0.0928. The van der Waals surface area contributed by atoms with Crippen molar-refractivity contribution in [2.24, 2.45) is 5.92 Å². The lowest BCUT2D eigenvalue weighted by atomic mass is 10.1. The van der Waals surface area contributed by atoms with Gasteiger partial charge in [0.2, 0.25) is 0 Å². The van der Waals surface area contributed by atoms with Gasteiger partial charge >= 0.3 is 5.69 Å². The molecule has 0 saturated heterocycles. The van der Waals surface area contributed by atoms with Gasteiger partial charge in [0.25, 0.3) is 5.56 Å². The van der Waals surface area contributed by atoms with Gasteiger partial charge in [-0.05, 0) is 23.9 Å².